The van der Waals surface area contributed by atoms with E-state index >= 15 is 0 Å². The molecule has 1 rings (SSSR count). The Labute approximate surface area is 91.4 Å². The van der Waals surface area contributed by atoms with Gasteiger partial charge in [0.25, 0.3) is 0 Å². The van der Waals surface area contributed by atoms with E-state index in [1.165, 1.54) is 0 Å². The first-order chi connectivity index (χ1) is 6.56. The molecule has 78 valence electrons. The Bertz CT molecular complexity index is 334. The highest BCUT2D eigenvalue weighted by Crippen LogP contribution is 2.18. The summed E-state index contributed by atoms with van der Waals surface area (Å²) < 4.78 is 7.25. The standard InChI is InChI=1S/C9H13BrN2O2/c1-4-14-9(13)8-7(10)5-12(11-8)6(2)3/h5-6H,4H2,1-3H3. The third-order valence-corrected chi connectivity index (χ3v) is 2.27. The van der Waals surface area contributed by atoms with Crippen LogP contribution in [0.25, 0.3) is 0 Å². The van der Waals surface area contributed by atoms with Gasteiger partial charge in [0.1, 0.15) is 0 Å². The van der Waals surface area contributed by atoms with E-state index in [1.54, 1.807) is 17.8 Å². The number of carbonyl (C=O) groups is 1. The van der Waals surface area contributed by atoms with Crippen LogP contribution in [0.1, 0.15) is 37.3 Å². The number of ether oxygens (including phenoxy) is 1. The number of nitrogens with zero attached hydrogens (tertiary/aromatic N) is 2. The molecule has 0 saturated heterocycles. The molecule has 0 atom stereocenters. The summed E-state index contributed by atoms with van der Waals surface area (Å²) in [5.41, 5.74) is 0.334. The van der Waals surface area contributed by atoms with Gasteiger partial charge in [-0.05, 0) is 36.7 Å². The van der Waals surface area contributed by atoms with E-state index in [0.717, 1.165) is 0 Å². The lowest BCUT2D eigenvalue weighted by Gasteiger charge is -2.03. The Morgan fingerprint density at radius 3 is 2.79 bits per heavy atom. The first kappa shape index (κ1) is 11.2. The highest BCUT2D eigenvalue weighted by molar-refractivity contribution is 9.10. The number of esters is 1. The van der Waals surface area contributed by atoms with Crippen molar-refractivity contribution in [1.29, 1.82) is 0 Å². The molecule has 0 aliphatic rings. The Morgan fingerprint density at radius 1 is 1.71 bits per heavy atom. The number of hydrogen-bond acceptors (Lipinski definition) is 3. The van der Waals surface area contributed by atoms with Crippen LogP contribution >= 0.6 is 15.9 Å². The summed E-state index contributed by atoms with van der Waals surface area (Å²) in [5.74, 6) is -0.390. The van der Waals surface area contributed by atoms with Gasteiger partial charge in [-0.2, -0.15) is 5.10 Å². The van der Waals surface area contributed by atoms with Crippen LogP contribution in [-0.2, 0) is 4.74 Å². The van der Waals surface area contributed by atoms with Crippen LogP contribution < -0.4 is 0 Å². The molecular weight excluding hydrogens is 248 g/mol. The summed E-state index contributed by atoms with van der Waals surface area (Å²) in [4.78, 5) is 11.4. The van der Waals surface area contributed by atoms with Crippen molar-refractivity contribution < 1.29 is 9.53 Å². The molecule has 0 spiro atoms. The Balaban J connectivity index is 2.92. The fourth-order valence-corrected chi connectivity index (χ4v) is 1.42. The van der Waals surface area contributed by atoms with Gasteiger partial charge < -0.3 is 4.74 Å². The lowest BCUT2D eigenvalue weighted by Crippen LogP contribution is -2.08. The highest BCUT2D eigenvalue weighted by Gasteiger charge is 2.16. The van der Waals surface area contributed by atoms with E-state index in [-0.39, 0.29) is 6.04 Å². The maximum absolute atomic E-state index is 11.4. The molecule has 14 heavy (non-hydrogen) atoms. The molecule has 0 radical (unpaired) electrons. The minimum Gasteiger partial charge on any atom is -0.461 e. The van der Waals surface area contributed by atoms with Crippen molar-refractivity contribution in [3.8, 4) is 0 Å². The SMILES string of the molecule is CCOC(=O)c1nn(C(C)C)cc1Br. The van der Waals surface area contributed by atoms with Gasteiger partial charge in [0.15, 0.2) is 5.69 Å². The number of carbonyl (C=O) groups excluding carboxylic acids is 1. The average molecular weight is 261 g/mol. The first-order valence-corrected chi connectivity index (χ1v) is 5.27. The van der Waals surface area contributed by atoms with E-state index in [4.69, 9.17) is 4.74 Å². The van der Waals surface area contributed by atoms with Crippen LogP contribution in [0, 0.1) is 0 Å². The molecule has 0 aliphatic heterocycles. The van der Waals surface area contributed by atoms with E-state index < -0.39 is 5.97 Å². The smallest absolute Gasteiger partial charge is 0.360 e. The summed E-state index contributed by atoms with van der Waals surface area (Å²) in [5, 5.41) is 4.12. The van der Waals surface area contributed by atoms with Crippen molar-refractivity contribution in [3.63, 3.8) is 0 Å². The van der Waals surface area contributed by atoms with Crippen molar-refractivity contribution in [2.24, 2.45) is 0 Å². The van der Waals surface area contributed by atoms with Crippen molar-refractivity contribution in [2.75, 3.05) is 6.61 Å². The zero-order valence-corrected chi connectivity index (χ0v) is 10.0. The van der Waals surface area contributed by atoms with Gasteiger partial charge in [-0.1, -0.05) is 0 Å². The number of halogens is 1. The molecule has 0 fully saturated rings. The molecule has 0 aliphatic carbocycles. The molecule has 0 aromatic carbocycles. The second-order valence-corrected chi connectivity index (χ2v) is 3.97. The van der Waals surface area contributed by atoms with E-state index in [2.05, 4.69) is 21.0 Å². The summed E-state index contributed by atoms with van der Waals surface area (Å²) in [6.07, 6.45) is 1.77. The van der Waals surface area contributed by atoms with Crippen LogP contribution in [0.4, 0.5) is 0 Å². The van der Waals surface area contributed by atoms with Gasteiger partial charge in [-0.15, -0.1) is 0 Å². The molecular formula is C9H13BrN2O2. The molecule has 1 heterocycles. The van der Waals surface area contributed by atoms with E-state index in [0.29, 0.717) is 16.8 Å². The molecule has 1 aromatic heterocycles. The average Bonchev–Trinajstić information content (AvgIpc) is 2.48. The quantitative estimate of drug-likeness (QED) is 0.785. The third-order valence-electron chi connectivity index (χ3n) is 1.69. The molecule has 0 N–H and O–H groups in total. The highest BCUT2D eigenvalue weighted by atomic mass is 79.9. The predicted octanol–water partition coefficient (Wildman–Crippen LogP) is 2.40. The van der Waals surface area contributed by atoms with Gasteiger partial charge >= 0.3 is 5.97 Å². The predicted molar refractivity (Wildman–Crippen MR) is 56.3 cm³/mol. The van der Waals surface area contributed by atoms with Crippen molar-refractivity contribution >= 4 is 21.9 Å². The molecule has 0 saturated carbocycles. The maximum atomic E-state index is 11.4. The first-order valence-electron chi connectivity index (χ1n) is 4.48. The summed E-state index contributed by atoms with van der Waals surface area (Å²) >= 11 is 3.27. The molecule has 0 bridgehead atoms. The third kappa shape index (κ3) is 2.35. The van der Waals surface area contributed by atoms with Crippen LogP contribution in [0.2, 0.25) is 0 Å². The Hall–Kier alpha value is -0.840. The van der Waals surface area contributed by atoms with Crippen molar-refractivity contribution in [2.45, 2.75) is 26.8 Å². The van der Waals surface area contributed by atoms with E-state index in [1.807, 2.05) is 13.8 Å². The second kappa shape index (κ2) is 4.59. The van der Waals surface area contributed by atoms with Gasteiger partial charge in [0.2, 0.25) is 0 Å². The summed E-state index contributed by atoms with van der Waals surface area (Å²) in [7, 11) is 0. The molecule has 5 heteroatoms. The van der Waals surface area contributed by atoms with Crippen molar-refractivity contribution in [3.05, 3.63) is 16.4 Å². The Kier molecular flexibility index (Phi) is 3.69. The maximum Gasteiger partial charge on any atom is 0.360 e. The van der Waals surface area contributed by atoms with Gasteiger partial charge in [0, 0.05) is 12.2 Å². The minimum absolute atomic E-state index is 0.231. The van der Waals surface area contributed by atoms with Crippen LogP contribution in [-0.4, -0.2) is 22.4 Å². The molecule has 4 nitrogen and oxygen atoms in total. The fourth-order valence-electron chi connectivity index (χ4n) is 0.972. The van der Waals surface area contributed by atoms with Gasteiger partial charge in [0.05, 0.1) is 11.1 Å². The monoisotopic (exact) mass is 260 g/mol. The largest absolute Gasteiger partial charge is 0.461 e. The van der Waals surface area contributed by atoms with Crippen molar-refractivity contribution in [1.82, 2.24) is 9.78 Å². The van der Waals surface area contributed by atoms with Crippen LogP contribution in [0.3, 0.4) is 0 Å². The molecule has 0 amide bonds. The zero-order valence-electron chi connectivity index (χ0n) is 8.45. The lowest BCUT2D eigenvalue weighted by atomic mass is 10.4. The van der Waals surface area contributed by atoms with Crippen LogP contribution in [0.5, 0.6) is 0 Å². The van der Waals surface area contributed by atoms with E-state index in [9.17, 15) is 4.79 Å². The normalized spacial score (nSPS) is 10.6. The number of rotatable bonds is 3. The molecule has 0 unspecified atom stereocenters. The van der Waals surface area contributed by atoms with Gasteiger partial charge in [-0.25, -0.2) is 4.79 Å². The summed E-state index contributed by atoms with van der Waals surface area (Å²) in [6.45, 7) is 6.12. The number of aromatic nitrogens is 2. The van der Waals surface area contributed by atoms with Gasteiger partial charge in [-0.3, -0.25) is 4.68 Å². The zero-order chi connectivity index (χ0) is 10.7. The molecule has 1 aromatic rings. The topological polar surface area (TPSA) is 44.1 Å². The summed E-state index contributed by atoms with van der Waals surface area (Å²) in [6, 6.07) is 0.231. The second-order valence-electron chi connectivity index (χ2n) is 3.12. The Morgan fingerprint density at radius 2 is 2.36 bits per heavy atom. The number of hydrogen-bond donors (Lipinski definition) is 0. The van der Waals surface area contributed by atoms with Crippen LogP contribution in [0.15, 0.2) is 10.7 Å². The lowest BCUT2D eigenvalue weighted by molar-refractivity contribution is 0.0517. The minimum atomic E-state index is -0.390. The fraction of sp³-hybridized carbons (Fsp3) is 0.556.